The second-order valence-electron chi connectivity index (χ2n) is 5.44. The van der Waals surface area contributed by atoms with Crippen molar-refractivity contribution in [3.8, 4) is 16.9 Å². The summed E-state index contributed by atoms with van der Waals surface area (Å²) in [4.78, 5) is 21.6. The molecule has 0 unspecified atom stereocenters. The van der Waals surface area contributed by atoms with Gasteiger partial charge in [0.1, 0.15) is 5.75 Å². The Morgan fingerprint density at radius 2 is 1.32 bits per heavy atom. The van der Waals surface area contributed by atoms with E-state index in [1.54, 1.807) is 24.3 Å². The van der Waals surface area contributed by atoms with E-state index in [0.717, 1.165) is 33.4 Å². The highest BCUT2D eigenvalue weighted by Gasteiger charge is 2.15. The fourth-order valence-corrected chi connectivity index (χ4v) is 2.92. The second kappa shape index (κ2) is 6.02. The maximum atomic E-state index is 11.2. The molecule has 22 heavy (non-hydrogen) atoms. The Balaban J connectivity index is 2.67. The van der Waals surface area contributed by atoms with Gasteiger partial charge < -0.3 is 9.84 Å². The smallest absolute Gasteiger partial charge is 0.335 e. The highest BCUT2D eigenvalue weighted by Crippen LogP contribution is 2.35. The quantitative estimate of drug-likeness (QED) is 0.871. The lowest BCUT2D eigenvalue weighted by Crippen LogP contribution is -2.01. The molecule has 4 heteroatoms. The van der Waals surface area contributed by atoms with Crippen molar-refractivity contribution < 1.29 is 19.4 Å². The predicted molar refractivity (Wildman–Crippen MR) is 84.5 cm³/mol. The second-order valence-corrected chi connectivity index (χ2v) is 5.44. The monoisotopic (exact) mass is 298 g/mol. The van der Waals surface area contributed by atoms with Crippen molar-refractivity contribution in [3.05, 3.63) is 52.1 Å². The molecular formula is C18H18O4. The van der Waals surface area contributed by atoms with E-state index in [9.17, 15) is 9.59 Å². The number of carbonyl (C=O) groups excluding carboxylic acids is 1. The first-order valence-electron chi connectivity index (χ1n) is 6.91. The SMILES string of the molecule is Cc1cc(OC=O)cc(C)c1-c1c(C)cc(C(=O)O)cc1C. The van der Waals surface area contributed by atoms with Crippen LogP contribution in [-0.2, 0) is 4.79 Å². The van der Waals surface area contributed by atoms with Crippen molar-refractivity contribution in [1.29, 1.82) is 0 Å². The number of aromatic carboxylic acids is 1. The number of hydrogen-bond acceptors (Lipinski definition) is 3. The first-order chi connectivity index (χ1) is 10.3. The van der Waals surface area contributed by atoms with Crippen LogP contribution in [0, 0.1) is 27.7 Å². The standard InChI is InChI=1S/C18H18O4/c1-10-5-14(18(20)21)6-11(2)16(10)17-12(3)7-15(22-9-19)8-13(17)4/h5-9H,1-4H3,(H,20,21). The lowest BCUT2D eigenvalue weighted by Gasteiger charge is -2.17. The van der Waals surface area contributed by atoms with Crippen LogP contribution in [0.5, 0.6) is 5.75 Å². The fraction of sp³-hybridized carbons (Fsp3) is 0.222. The third-order valence-electron chi connectivity index (χ3n) is 3.72. The van der Waals surface area contributed by atoms with Gasteiger partial charge in [-0.1, -0.05) is 0 Å². The lowest BCUT2D eigenvalue weighted by molar-refractivity contribution is -0.120. The van der Waals surface area contributed by atoms with Crippen LogP contribution in [0.15, 0.2) is 24.3 Å². The van der Waals surface area contributed by atoms with Crippen LogP contribution in [-0.4, -0.2) is 17.5 Å². The molecule has 2 rings (SSSR count). The number of ether oxygens (including phenoxy) is 1. The van der Waals surface area contributed by atoms with Crippen LogP contribution in [0.2, 0.25) is 0 Å². The number of hydrogen-bond donors (Lipinski definition) is 1. The Morgan fingerprint density at radius 3 is 1.68 bits per heavy atom. The summed E-state index contributed by atoms with van der Waals surface area (Å²) in [6.45, 7) is 8.12. The fourth-order valence-electron chi connectivity index (χ4n) is 2.92. The van der Waals surface area contributed by atoms with Gasteiger partial charge in [-0.05, 0) is 85.3 Å². The number of carboxylic acid groups (broad SMARTS) is 1. The molecule has 0 aromatic heterocycles. The summed E-state index contributed by atoms with van der Waals surface area (Å²) in [6, 6.07) is 6.97. The van der Waals surface area contributed by atoms with E-state index in [4.69, 9.17) is 9.84 Å². The maximum absolute atomic E-state index is 11.2. The number of benzene rings is 2. The highest BCUT2D eigenvalue weighted by molar-refractivity contribution is 5.90. The molecule has 0 fully saturated rings. The lowest BCUT2D eigenvalue weighted by atomic mass is 9.88. The normalized spacial score (nSPS) is 10.4. The van der Waals surface area contributed by atoms with E-state index in [1.165, 1.54) is 0 Å². The summed E-state index contributed by atoms with van der Waals surface area (Å²) < 4.78 is 4.91. The minimum atomic E-state index is -0.930. The average Bonchev–Trinajstić information content (AvgIpc) is 2.41. The number of aryl methyl sites for hydroxylation is 4. The Hall–Kier alpha value is -2.62. The molecule has 0 atom stereocenters. The molecule has 0 saturated carbocycles. The summed E-state index contributed by atoms with van der Waals surface area (Å²) >= 11 is 0. The molecule has 0 aliphatic heterocycles. The van der Waals surface area contributed by atoms with E-state index in [0.29, 0.717) is 12.2 Å². The maximum Gasteiger partial charge on any atom is 0.335 e. The summed E-state index contributed by atoms with van der Waals surface area (Å²) in [7, 11) is 0. The van der Waals surface area contributed by atoms with Gasteiger partial charge in [-0.2, -0.15) is 0 Å². The van der Waals surface area contributed by atoms with Gasteiger partial charge >= 0.3 is 5.97 Å². The van der Waals surface area contributed by atoms with Crippen LogP contribution in [0.25, 0.3) is 11.1 Å². The van der Waals surface area contributed by atoms with Crippen molar-refractivity contribution >= 4 is 12.4 Å². The van der Waals surface area contributed by atoms with Crippen LogP contribution in [0.3, 0.4) is 0 Å². The van der Waals surface area contributed by atoms with Crippen LogP contribution < -0.4 is 4.74 Å². The molecule has 0 saturated heterocycles. The van der Waals surface area contributed by atoms with E-state index in [1.807, 2.05) is 27.7 Å². The van der Waals surface area contributed by atoms with E-state index >= 15 is 0 Å². The third kappa shape index (κ3) is 2.86. The molecule has 0 bridgehead atoms. The molecule has 2 aromatic rings. The summed E-state index contributed by atoms with van der Waals surface area (Å²) in [5, 5.41) is 9.15. The zero-order valence-electron chi connectivity index (χ0n) is 13.1. The van der Waals surface area contributed by atoms with E-state index < -0.39 is 5.97 Å². The topological polar surface area (TPSA) is 63.6 Å². The van der Waals surface area contributed by atoms with Crippen molar-refractivity contribution in [1.82, 2.24) is 0 Å². The molecule has 0 aliphatic carbocycles. The molecule has 1 N–H and O–H groups in total. The van der Waals surface area contributed by atoms with E-state index in [2.05, 4.69) is 0 Å². The Bertz CT molecular complexity index is 714. The van der Waals surface area contributed by atoms with Gasteiger partial charge in [0.15, 0.2) is 0 Å². The zero-order valence-corrected chi connectivity index (χ0v) is 13.1. The van der Waals surface area contributed by atoms with Crippen LogP contribution >= 0.6 is 0 Å². The van der Waals surface area contributed by atoms with Gasteiger partial charge in [-0.3, -0.25) is 4.79 Å². The molecule has 2 aromatic carbocycles. The molecule has 0 radical (unpaired) electrons. The van der Waals surface area contributed by atoms with Crippen molar-refractivity contribution in [2.45, 2.75) is 27.7 Å². The zero-order chi connectivity index (χ0) is 16.4. The minimum Gasteiger partial charge on any atom is -0.478 e. The van der Waals surface area contributed by atoms with Crippen molar-refractivity contribution in [2.24, 2.45) is 0 Å². The molecule has 0 heterocycles. The predicted octanol–water partition coefficient (Wildman–Crippen LogP) is 3.82. The summed E-state index contributed by atoms with van der Waals surface area (Å²) in [5.74, 6) is -0.424. The summed E-state index contributed by atoms with van der Waals surface area (Å²) in [6.07, 6.45) is 0. The minimum absolute atomic E-state index is 0.287. The van der Waals surface area contributed by atoms with Crippen molar-refractivity contribution in [3.63, 3.8) is 0 Å². The van der Waals surface area contributed by atoms with Gasteiger partial charge in [0.25, 0.3) is 6.47 Å². The Kier molecular flexibility index (Phi) is 4.31. The van der Waals surface area contributed by atoms with Gasteiger partial charge in [0.05, 0.1) is 5.56 Å². The van der Waals surface area contributed by atoms with E-state index in [-0.39, 0.29) is 5.56 Å². The molecular weight excluding hydrogens is 280 g/mol. The first kappa shape index (κ1) is 15.8. The molecule has 0 amide bonds. The first-order valence-corrected chi connectivity index (χ1v) is 6.91. The van der Waals surface area contributed by atoms with Gasteiger partial charge in [0.2, 0.25) is 0 Å². The summed E-state index contributed by atoms with van der Waals surface area (Å²) in [5.41, 5.74) is 6.13. The molecule has 0 aliphatic rings. The Morgan fingerprint density at radius 1 is 0.909 bits per heavy atom. The number of carboxylic acids is 1. The molecule has 4 nitrogen and oxygen atoms in total. The molecule has 114 valence electrons. The molecule has 0 spiro atoms. The largest absolute Gasteiger partial charge is 0.478 e. The van der Waals surface area contributed by atoms with Crippen molar-refractivity contribution in [2.75, 3.05) is 0 Å². The number of rotatable bonds is 4. The Labute approximate surface area is 129 Å². The van der Waals surface area contributed by atoms with Crippen LogP contribution in [0.1, 0.15) is 32.6 Å². The average molecular weight is 298 g/mol. The van der Waals surface area contributed by atoms with Crippen LogP contribution in [0.4, 0.5) is 0 Å². The van der Waals surface area contributed by atoms with Gasteiger partial charge in [0, 0.05) is 0 Å². The number of carbonyl (C=O) groups is 2. The van der Waals surface area contributed by atoms with Gasteiger partial charge in [-0.25, -0.2) is 4.79 Å². The van der Waals surface area contributed by atoms with Gasteiger partial charge in [-0.15, -0.1) is 0 Å². The third-order valence-corrected chi connectivity index (χ3v) is 3.72. The highest BCUT2D eigenvalue weighted by atomic mass is 16.5.